The third-order valence-corrected chi connectivity index (χ3v) is 4.82. The van der Waals surface area contributed by atoms with Crippen LogP contribution in [0.3, 0.4) is 0 Å². The third kappa shape index (κ3) is 4.31. The monoisotopic (exact) mass is 383 g/mol. The topological polar surface area (TPSA) is 75.1 Å². The van der Waals surface area contributed by atoms with Crippen molar-refractivity contribution >= 4 is 16.8 Å². The molecule has 2 aromatic heterocycles. The van der Waals surface area contributed by atoms with Gasteiger partial charge in [0.1, 0.15) is 0 Å². The fourth-order valence-corrected chi connectivity index (χ4v) is 3.36. The smallest absolute Gasteiger partial charge is 0.252 e. The normalized spacial score (nSPS) is 11.9. The first-order chi connectivity index (χ1) is 14.2. The molecule has 2 aromatic carbocycles. The van der Waals surface area contributed by atoms with Gasteiger partial charge in [0.2, 0.25) is 0 Å². The van der Waals surface area contributed by atoms with Gasteiger partial charge in [-0.25, -0.2) is 4.98 Å². The van der Waals surface area contributed by atoms with E-state index in [4.69, 9.17) is 4.98 Å². The van der Waals surface area contributed by atoms with Gasteiger partial charge in [0.05, 0.1) is 29.4 Å². The van der Waals surface area contributed by atoms with Gasteiger partial charge in [0, 0.05) is 23.3 Å². The van der Waals surface area contributed by atoms with Crippen LogP contribution in [-0.4, -0.2) is 33.6 Å². The van der Waals surface area contributed by atoms with Gasteiger partial charge < -0.3 is 10.4 Å². The highest BCUT2D eigenvalue weighted by Crippen LogP contribution is 2.24. The van der Waals surface area contributed by atoms with Crippen molar-refractivity contribution in [1.82, 2.24) is 15.3 Å². The third-order valence-electron chi connectivity index (χ3n) is 4.82. The zero-order valence-electron chi connectivity index (χ0n) is 15.8. The van der Waals surface area contributed by atoms with E-state index in [0.717, 1.165) is 22.0 Å². The maximum Gasteiger partial charge on any atom is 0.252 e. The highest BCUT2D eigenvalue weighted by Gasteiger charge is 2.18. The number of hydrogen-bond acceptors (Lipinski definition) is 4. The van der Waals surface area contributed by atoms with Crippen LogP contribution in [0.25, 0.3) is 22.2 Å². The molecule has 0 aliphatic heterocycles. The van der Waals surface area contributed by atoms with Gasteiger partial charge in [-0.05, 0) is 36.2 Å². The molecule has 0 bridgehead atoms. The van der Waals surface area contributed by atoms with Crippen LogP contribution in [0.5, 0.6) is 0 Å². The van der Waals surface area contributed by atoms with Crippen molar-refractivity contribution in [2.45, 2.75) is 12.5 Å². The number of aromatic nitrogens is 2. The lowest BCUT2D eigenvalue weighted by Gasteiger charge is -2.18. The van der Waals surface area contributed by atoms with Crippen molar-refractivity contribution < 1.29 is 9.90 Å². The van der Waals surface area contributed by atoms with Crippen LogP contribution in [-0.2, 0) is 6.42 Å². The average Bonchev–Trinajstić information content (AvgIpc) is 2.79. The Balaban J connectivity index is 1.67. The van der Waals surface area contributed by atoms with E-state index in [1.54, 1.807) is 18.5 Å². The van der Waals surface area contributed by atoms with E-state index in [0.29, 0.717) is 17.7 Å². The van der Waals surface area contributed by atoms with Crippen LogP contribution < -0.4 is 5.32 Å². The Morgan fingerprint density at radius 3 is 2.45 bits per heavy atom. The molecule has 0 aliphatic rings. The predicted molar refractivity (Wildman–Crippen MR) is 113 cm³/mol. The molecular formula is C24H21N3O2. The SMILES string of the molecule is O=C(NC(CO)Cc1ccccc1)c1cc(-c2ccncc2)nc2ccccc12. The first kappa shape index (κ1) is 18.8. The van der Waals surface area contributed by atoms with Crippen molar-refractivity contribution in [1.29, 1.82) is 0 Å². The van der Waals surface area contributed by atoms with Crippen molar-refractivity contribution in [2.75, 3.05) is 6.61 Å². The number of amides is 1. The number of para-hydroxylation sites is 1. The quantitative estimate of drug-likeness (QED) is 0.533. The van der Waals surface area contributed by atoms with Crippen molar-refractivity contribution in [2.24, 2.45) is 0 Å². The summed E-state index contributed by atoms with van der Waals surface area (Å²) in [6.45, 7) is -0.138. The van der Waals surface area contributed by atoms with Crippen molar-refractivity contribution in [3.8, 4) is 11.3 Å². The van der Waals surface area contributed by atoms with Gasteiger partial charge in [-0.15, -0.1) is 0 Å². The summed E-state index contributed by atoms with van der Waals surface area (Å²) in [6.07, 6.45) is 3.96. The van der Waals surface area contributed by atoms with E-state index in [1.165, 1.54) is 0 Å². The van der Waals surface area contributed by atoms with Gasteiger partial charge in [0.15, 0.2) is 0 Å². The lowest BCUT2D eigenvalue weighted by atomic mass is 10.0. The van der Waals surface area contributed by atoms with Crippen LogP contribution >= 0.6 is 0 Å². The number of rotatable bonds is 6. The maximum absolute atomic E-state index is 13.1. The molecule has 0 radical (unpaired) electrons. The summed E-state index contributed by atoms with van der Waals surface area (Å²) >= 11 is 0. The van der Waals surface area contributed by atoms with E-state index in [1.807, 2.05) is 66.7 Å². The minimum atomic E-state index is -0.374. The summed E-state index contributed by atoms with van der Waals surface area (Å²) in [6, 6.07) is 22.5. The molecule has 2 heterocycles. The second-order valence-electron chi connectivity index (χ2n) is 6.85. The van der Waals surface area contributed by atoms with Crippen LogP contribution in [0.1, 0.15) is 15.9 Å². The Morgan fingerprint density at radius 1 is 0.966 bits per heavy atom. The molecule has 1 atom stereocenters. The number of hydrogen-bond donors (Lipinski definition) is 2. The Hall–Kier alpha value is -3.57. The number of nitrogens with one attached hydrogen (secondary N) is 1. The Bertz CT molecular complexity index is 1110. The Morgan fingerprint density at radius 2 is 1.69 bits per heavy atom. The molecule has 144 valence electrons. The number of aliphatic hydroxyl groups is 1. The molecule has 4 rings (SSSR count). The van der Waals surface area contributed by atoms with Gasteiger partial charge in [-0.1, -0.05) is 48.5 Å². The largest absolute Gasteiger partial charge is 0.394 e. The lowest BCUT2D eigenvalue weighted by Crippen LogP contribution is -2.39. The molecule has 1 amide bonds. The molecule has 29 heavy (non-hydrogen) atoms. The van der Waals surface area contributed by atoms with Crippen LogP contribution in [0.15, 0.2) is 85.2 Å². The van der Waals surface area contributed by atoms with Gasteiger partial charge >= 0.3 is 0 Å². The van der Waals surface area contributed by atoms with Gasteiger partial charge in [-0.2, -0.15) is 0 Å². The summed E-state index contributed by atoms with van der Waals surface area (Å²) in [5, 5.41) is 13.5. The molecule has 0 spiro atoms. The molecule has 0 saturated carbocycles. The highest BCUT2D eigenvalue weighted by molar-refractivity contribution is 6.07. The van der Waals surface area contributed by atoms with E-state index >= 15 is 0 Å². The number of nitrogens with zero attached hydrogens (tertiary/aromatic N) is 2. The fourth-order valence-electron chi connectivity index (χ4n) is 3.36. The van der Waals surface area contributed by atoms with Crippen molar-refractivity contribution in [3.05, 3.63) is 96.3 Å². The second-order valence-corrected chi connectivity index (χ2v) is 6.85. The first-order valence-corrected chi connectivity index (χ1v) is 9.50. The second kappa shape index (κ2) is 8.63. The summed E-state index contributed by atoms with van der Waals surface area (Å²) < 4.78 is 0. The Labute approximate surface area is 169 Å². The van der Waals surface area contributed by atoms with Crippen LogP contribution in [0.2, 0.25) is 0 Å². The van der Waals surface area contributed by atoms with Crippen molar-refractivity contribution in [3.63, 3.8) is 0 Å². The Kier molecular flexibility index (Phi) is 5.59. The summed E-state index contributed by atoms with van der Waals surface area (Å²) in [7, 11) is 0. The average molecular weight is 383 g/mol. The van der Waals surface area contributed by atoms with E-state index in [-0.39, 0.29) is 18.6 Å². The zero-order chi connectivity index (χ0) is 20.1. The summed E-state index contributed by atoms with van der Waals surface area (Å²) in [5.41, 5.74) is 3.94. The van der Waals surface area contributed by atoms with Gasteiger partial charge in [0.25, 0.3) is 5.91 Å². The van der Waals surface area contributed by atoms with E-state index < -0.39 is 0 Å². The van der Waals surface area contributed by atoms with Gasteiger partial charge in [-0.3, -0.25) is 9.78 Å². The number of carbonyl (C=O) groups excluding carboxylic acids is 1. The van der Waals surface area contributed by atoms with Crippen LogP contribution in [0, 0.1) is 0 Å². The molecule has 4 aromatic rings. The number of fused-ring (bicyclic) bond motifs is 1. The molecule has 0 fully saturated rings. The molecule has 5 nitrogen and oxygen atoms in total. The number of pyridine rings is 2. The maximum atomic E-state index is 13.1. The minimum absolute atomic E-state index is 0.138. The first-order valence-electron chi connectivity index (χ1n) is 9.50. The summed E-state index contributed by atoms with van der Waals surface area (Å²) in [5.74, 6) is -0.228. The number of carbonyl (C=O) groups is 1. The number of aliphatic hydroxyl groups excluding tert-OH is 1. The van der Waals surface area contributed by atoms with E-state index in [9.17, 15) is 9.90 Å². The molecule has 2 N–H and O–H groups in total. The molecule has 1 unspecified atom stereocenters. The van der Waals surface area contributed by atoms with E-state index in [2.05, 4.69) is 10.3 Å². The zero-order valence-corrected chi connectivity index (χ0v) is 15.8. The highest BCUT2D eigenvalue weighted by atomic mass is 16.3. The minimum Gasteiger partial charge on any atom is -0.394 e. The molecular weight excluding hydrogens is 362 g/mol. The predicted octanol–water partition coefficient (Wildman–Crippen LogP) is 3.63. The molecule has 0 saturated heterocycles. The fraction of sp³-hybridized carbons (Fsp3) is 0.125. The lowest BCUT2D eigenvalue weighted by molar-refractivity contribution is 0.0918. The summed E-state index contributed by atoms with van der Waals surface area (Å²) in [4.78, 5) is 21.9. The standard InChI is InChI=1S/C24H21N3O2/c28-16-19(14-17-6-2-1-3-7-17)26-24(29)21-15-23(18-10-12-25-13-11-18)27-22-9-5-4-8-20(21)22/h1-13,15,19,28H,14,16H2,(H,26,29). The number of benzene rings is 2. The molecule has 5 heteroatoms. The van der Waals surface area contributed by atoms with Crippen LogP contribution in [0.4, 0.5) is 0 Å². The molecule has 0 aliphatic carbocycles.